The van der Waals surface area contributed by atoms with Gasteiger partial charge in [-0.25, -0.2) is 4.39 Å². The molecular formula is C33H49FN6. The van der Waals surface area contributed by atoms with Gasteiger partial charge in [0.1, 0.15) is 12.3 Å². The fourth-order valence-corrected chi connectivity index (χ4v) is 3.63. The van der Waals surface area contributed by atoms with Gasteiger partial charge in [-0.1, -0.05) is 73.7 Å². The van der Waals surface area contributed by atoms with Crippen LogP contribution in [-0.2, 0) is 6.42 Å². The Morgan fingerprint density at radius 2 is 1.62 bits per heavy atom. The van der Waals surface area contributed by atoms with Crippen LogP contribution in [-0.4, -0.2) is 51.6 Å². The first-order valence-corrected chi connectivity index (χ1v) is 13.5. The van der Waals surface area contributed by atoms with Gasteiger partial charge in [0.25, 0.3) is 0 Å². The van der Waals surface area contributed by atoms with Crippen LogP contribution < -0.4 is 21.7 Å². The summed E-state index contributed by atoms with van der Waals surface area (Å²) in [7, 11) is 3.86. The molecule has 0 amide bonds. The Labute approximate surface area is 241 Å². The van der Waals surface area contributed by atoms with Crippen molar-refractivity contribution in [3.63, 3.8) is 0 Å². The minimum absolute atomic E-state index is 0.0474. The Balaban J connectivity index is 0.000000619. The van der Waals surface area contributed by atoms with E-state index in [4.69, 9.17) is 5.73 Å². The van der Waals surface area contributed by atoms with E-state index in [1.807, 2.05) is 32.4 Å². The average Bonchev–Trinajstić information content (AvgIpc) is 3.52. The monoisotopic (exact) mass is 548 g/mol. The van der Waals surface area contributed by atoms with Crippen LogP contribution in [0.1, 0.15) is 47.8 Å². The normalized spacial score (nSPS) is 14.6. The van der Waals surface area contributed by atoms with E-state index < -0.39 is 6.17 Å². The van der Waals surface area contributed by atoms with Gasteiger partial charge in [0.05, 0.1) is 6.04 Å². The maximum absolute atomic E-state index is 11.9. The third-order valence-corrected chi connectivity index (χ3v) is 5.76. The molecule has 2 heterocycles. The van der Waals surface area contributed by atoms with E-state index in [1.54, 1.807) is 12.3 Å². The fraction of sp³-hybridized carbons (Fsp3) is 0.333. The number of aromatic nitrogens is 1. The van der Waals surface area contributed by atoms with E-state index >= 15 is 0 Å². The molecule has 1 fully saturated rings. The molecule has 5 N–H and O–H groups in total. The molecule has 1 aromatic heterocycles. The van der Waals surface area contributed by atoms with Crippen LogP contribution >= 0.6 is 0 Å². The van der Waals surface area contributed by atoms with Crippen molar-refractivity contribution in [2.75, 3.05) is 33.7 Å². The average molecular weight is 549 g/mol. The highest BCUT2D eigenvalue weighted by atomic mass is 19.1. The number of alkyl halides is 1. The van der Waals surface area contributed by atoms with Crippen LogP contribution in [0.5, 0.6) is 0 Å². The lowest BCUT2D eigenvalue weighted by Crippen LogP contribution is -2.18. The van der Waals surface area contributed by atoms with Gasteiger partial charge >= 0.3 is 0 Å². The summed E-state index contributed by atoms with van der Waals surface area (Å²) in [5.74, 6) is 0. The molecule has 1 aliphatic rings. The van der Waals surface area contributed by atoms with E-state index in [0.717, 1.165) is 18.5 Å². The second kappa shape index (κ2) is 24.5. The van der Waals surface area contributed by atoms with E-state index in [1.165, 1.54) is 16.7 Å². The predicted octanol–water partition coefficient (Wildman–Crippen LogP) is 5.81. The SMILES string of the molecule is C=C.C=CCN.C=NC(NC)c1ccc(C(NC)c2ccccc2)cc1.CCc1cccnc1.FC1CCNC1. The first-order valence-electron chi connectivity index (χ1n) is 13.5. The number of nitrogens with two attached hydrogens (primary N) is 1. The summed E-state index contributed by atoms with van der Waals surface area (Å²) >= 11 is 0. The second-order valence-electron chi connectivity index (χ2n) is 8.50. The van der Waals surface area contributed by atoms with Gasteiger partial charge in [0.15, 0.2) is 0 Å². The van der Waals surface area contributed by atoms with Gasteiger partial charge in [-0.3, -0.25) is 15.3 Å². The first-order chi connectivity index (χ1) is 19.5. The quantitative estimate of drug-likeness (QED) is 0.211. The Hall–Kier alpha value is -3.49. The standard InChI is InChI=1S/C17H21N3.C7H9N.C4H8FN.C3H7N.C2H4/c1-18-16(13-7-5-4-6-8-13)14-9-11-15(12-10-14)17(19-2)20-3;1-2-7-4-3-5-8-6-7;5-4-1-2-6-3-4;1-2-3-4;1-2/h4-12,16-18,20H,2H2,1,3H3;3-6H,2H2,1H3;4,6H,1-3H2;2H,1,3-4H2;1-2H2. The molecule has 1 saturated heterocycles. The minimum atomic E-state index is -0.565. The summed E-state index contributed by atoms with van der Waals surface area (Å²) in [5, 5.41) is 9.37. The number of halogens is 1. The summed E-state index contributed by atoms with van der Waals surface area (Å²) in [4.78, 5) is 8.01. The van der Waals surface area contributed by atoms with Gasteiger partial charge in [-0.2, -0.15) is 0 Å². The first kappa shape index (κ1) is 36.5. The molecule has 6 nitrogen and oxygen atoms in total. The van der Waals surface area contributed by atoms with Crippen LogP contribution in [0.2, 0.25) is 0 Å². The zero-order valence-corrected chi connectivity index (χ0v) is 24.5. The summed E-state index contributed by atoms with van der Waals surface area (Å²) in [5.41, 5.74) is 9.82. The van der Waals surface area contributed by atoms with E-state index in [-0.39, 0.29) is 12.2 Å². The number of hydrogen-bond acceptors (Lipinski definition) is 6. The van der Waals surface area contributed by atoms with Crippen molar-refractivity contribution in [1.29, 1.82) is 0 Å². The largest absolute Gasteiger partial charge is 0.327 e. The third kappa shape index (κ3) is 15.2. The molecule has 218 valence electrons. The maximum atomic E-state index is 11.9. The summed E-state index contributed by atoms with van der Waals surface area (Å²) < 4.78 is 11.9. The van der Waals surface area contributed by atoms with Gasteiger partial charge in [-0.15, -0.1) is 19.7 Å². The van der Waals surface area contributed by atoms with E-state index in [0.29, 0.717) is 19.5 Å². The number of hydrogen-bond donors (Lipinski definition) is 4. The number of aliphatic imine (C=N–C) groups is 1. The van der Waals surface area contributed by atoms with Crippen molar-refractivity contribution in [3.05, 3.63) is 127 Å². The Kier molecular flexibility index (Phi) is 22.4. The zero-order chi connectivity index (χ0) is 30.0. The number of rotatable bonds is 8. The van der Waals surface area contributed by atoms with Crippen molar-refractivity contribution in [3.8, 4) is 0 Å². The fourth-order valence-electron chi connectivity index (χ4n) is 3.63. The van der Waals surface area contributed by atoms with Crippen molar-refractivity contribution in [2.24, 2.45) is 10.7 Å². The lowest BCUT2D eigenvalue weighted by atomic mass is 9.97. The molecule has 4 rings (SSSR count). The van der Waals surface area contributed by atoms with Crippen LogP contribution in [0.15, 0.2) is 110 Å². The van der Waals surface area contributed by atoms with Crippen molar-refractivity contribution < 1.29 is 4.39 Å². The number of nitrogens with zero attached hydrogens (tertiary/aromatic N) is 2. The molecule has 3 atom stereocenters. The topological polar surface area (TPSA) is 87.4 Å². The van der Waals surface area contributed by atoms with Crippen molar-refractivity contribution in [2.45, 2.75) is 38.1 Å². The third-order valence-electron chi connectivity index (χ3n) is 5.76. The van der Waals surface area contributed by atoms with Gasteiger partial charge in [0, 0.05) is 25.5 Å². The molecule has 0 bridgehead atoms. The molecule has 7 heteroatoms. The Morgan fingerprint density at radius 1 is 1.02 bits per heavy atom. The second-order valence-corrected chi connectivity index (χ2v) is 8.50. The highest BCUT2D eigenvalue weighted by Gasteiger charge is 2.13. The molecule has 0 spiro atoms. The molecule has 0 aliphatic carbocycles. The van der Waals surface area contributed by atoms with Crippen LogP contribution in [0.3, 0.4) is 0 Å². The number of nitrogens with one attached hydrogen (secondary N) is 3. The van der Waals surface area contributed by atoms with Gasteiger partial charge < -0.3 is 16.4 Å². The molecule has 0 saturated carbocycles. The number of benzene rings is 2. The van der Waals surface area contributed by atoms with Crippen LogP contribution in [0.25, 0.3) is 0 Å². The van der Waals surface area contributed by atoms with E-state index in [2.05, 4.69) is 114 Å². The summed E-state index contributed by atoms with van der Waals surface area (Å²) in [6, 6.07) is 23.1. The maximum Gasteiger partial charge on any atom is 0.124 e. The van der Waals surface area contributed by atoms with Crippen LogP contribution in [0.4, 0.5) is 4.39 Å². The minimum Gasteiger partial charge on any atom is -0.327 e. The molecular weight excluding hydrogens is 499 g/mol. The van der Waals surface area contributed by atoms with Gasteiger partial charge in [-0.05, 0) is 68.5 Å². The predicted molar refractivity (Wildman–Crippen MR) is 172 cm³/mol. The summed E-state index contributed by atoms with van der Waals surface area (Å²) in [6.07, 6.45) is 6.51. The lowest BCUT2D eigenvalue weighted by Gasteiger charge is -2.18. The van der Waals surface area contributed by atoms with E-state index in [9.17, 15) is 4.39 Å². The highest BCUT2D eigenvalue weighted by molar-refractivity contribution is 5.35. The molecule has 2 aromatic carbocycles. The highest BCUT2D eigenvalue weighted by Crippen LogP contribution is 2.23. The molecule has 40 heavy (non-hydrogen) atoms. The van der Waals surface area contributed by atoms with Crippen molar-refractivity contribution >= 4 is 6.72 Å². The number of aryl methyl sites for hydroxylation is 1. The summed E-state index contributed by atoms with van der Waals surface area (Å²) in [6.45, 7) is 17.1. The Bertz CT molecular complexity index is 992. The number of pyridine rings is 1. The molecule has 3 unspecified atom stereocenters. The zero-order valence-electron chi connectivity index (χ0n) is 24.5. The molecule has 0 radical (unpaired) electrons. The van der Waals surface area contributed by atoms with Crippen LogP contribution in [0, 0.1) is 0 Å². The smallest absolute Gasteiger partial charge is 0.124 e. The Morgan fingerprint density at radius 3 is 1.98 bits per heavy atom. The van der Waals surface area contributed by atoms with Crippen molar-refractivity contribution in [1.82, 2.24) is 20.9 Å². The van der Waals surface area contributed by atoms with Gasteiger partial charge in [0.2, 0.25) is 0 Å². The lowest BCUT2D eigenvalue weighted by molar-refractivity contribution is 0.361. The molecule has 1 aliphatic heterocycles. The molecule has 3 aromatic rings.